The molecule has 0 bridgehead atoms. The van der Waals surface area contributed by atoms with Gasteiger partial charge < -0.3 is 14.2 Å². The topological polar surface area (TPSA) is 73.9 Å². The van der Waals surface area contributed by atoms with Crippen molar-refractivity contribution in [1.82, 2.24) is 4.72 Å². The van der Waals surface area contributed by atoms with Gasteiger partial charge in [-0.3, -0.25) is 0 Å². The molecule has 0 aliphatic carbocycles. The summed E-state index contributed by atoms with van der Waals surface area (Å²) in [5, 5.41) is 0.244. The predicted octanol–water partition coefficient (Wildman–Crippen LogP) is 3.80. The van der Waals surface area contributed by atoms with Gasteiger partial charge in [0.2, 0.25) is 10.0 Å². The second-order valence-electron chi connectivity index (χ2n) is 5.48. The van der Waals surface area contributed by atoms with Crippen LogP contribution in [0.3, 0.4) is 0 Å². The normalized spacial score (nSPS) is 12.5. The average molecular weight is 400 g/mol. The Morgan fingerprint density at radius 1 is 1.04 bits per heavy atom. The van der Waals surface area contributed by atoms with Crippen LogP contribution in [0.25, 0.3) is 0 Å². The molecule has 1 atom stereocenters. The summed E-state index contributed by atoms with van der Waals surface area (Å²) >= 11 is 6.09. The van der Waals surface area contributed by atoms with Crippen molar-refractivity contribution in [1.29, 1.82) is 0 Å². The van der Waals surface area contributed by atoms with Gasteiger partial charge in [0.15, 0.2) is 11.5 Å². The molecular weight excluding hydrogens is 378 g/mol. The fourth-order valence-corrected chi connectivity index (χ4v) is 3.97. The Balaban J connectivity index is 2.24. The third kappa shape index (κ3) is 4.60. The summed E-state index contributed by atoms with van der Waals surface area (Å²) in [5.41, 5.74) is 0.739. The molecule has 0 unspecified atom stereocenters. The number of benzene rings is 2. The highest BCUT2D eigenvalue weighted by molar-refractivity contribution is 7.89. The van der Waals surface area contributed by atoms with E-state index in [4.69, 9.17) is 25.8 Å². The molecule has 8 heteroatoms. The number of halogens is 1. The molecule has 6 nitrogen and oxygen atoms in total. The van der Waals surface area contributed by atoms with E-state index in [0.717, 1.165) is 5.56 Å². The highest BCUT2D eigenvalue weighted by Crippen LogP contribution is 2.31. The monoisotopic (exact) mass is 399 g/mol. The molecular formula is C18H22ClNO5S. The van der Waals surface area contributed by atoms with E-state index in [1.807, 2.05) is 6.92 Å². The van der Waals surface area contributed by atoms with Crippen molar-refractivity contribution in [3.05, 3.63) is 47.0 Å². The van der Waals surface area contributed by atoms with E-state index in [1.54, 1.807) is 38.3 Å². The average Bonchev–Trinajstić information content (AvgIpc) is 2.62. The van der Waals surface area contributed by atoms with Crippen molar-refractivity contribution in [2.24, 2.45) is 0 Å². The Kier molecular flexibility index (Phi) is 6.75. The number of hydrogen-bond donors (Lipinski definition) is 1. The van der Waals surface area contributed by atoms with Gasteiger partial charge in [0.05, 0.1) is 30.7 Å². The first kappa shape index (κ1) is 20.4. The first-order valence-electron chi connectivity index (χ1n) is 7.99. The van der Waals surface area contributed by atoms with Crippen molar-refractivity contribution in [2.45, 2.75) is 24.8 Å². The van der Waals surface area contributed by atoms with E-state index >= 15 is 0 Å². The first-order valence-corrected chi connectivity index (χ1v) is 9.85. The van der Waals surface area contributed by atoms with E-state index in [0.29, 0.717) is 23.9 Å². The van der Waals surface area contributed by atoms with Crippen LogP contribution in [0.4, 0.5) is 0 Å². The van der Waals surface area contributed by atoms with Crippen LogP contribution in [0.5, 0.6) is 17.2 Å². The highest BCUT2D eigenvalue weighted by Gasteiger charge is 2.20. The SMILES string of the molecule is CCOc1ccc(S(=O)(=O)N[C@@H](C)c2ccc(OC)c(OC)c2)cc1Cl. The number of rotatable bonds is 8. The maximum Gasteiger partial charge on any atom is 0.241 e. The van der Waals surface area contributed by atoms with Crippen LogP contribution < -0.4 is 18.9 Å². The van der Waals surface area contributed by atoms with Gasteiger partial charge >= 0.3 is 0 Å². The van der Waals surface area contributed by atoms with Crippen molar-refractivity contribution in [3.8, 4) is 17.2 Å². The smallest absolute Gasteiger partial charge is 0.241 e. The second-order valence-corrected chi connectivity index (χ2v) is 7.60. The highest BCUT2D eigenvalue weighted by atomic mass is 35.5. The van der Waals surface area contributed by atoms with E-state index in [-0.39, 0.29) is 9.92 Å². The number of sulfonamides is 1. The minimum Gasteiger partial charge on any atom is -0.493 e. The Bertz CT molecular complexity index is 870. The summed E-state index contributed by atoms with van der Waals surface area (Å²) in [6.07, 6.45) is 0. The van der Waals surface area contributed by atoms with Gasteiger partial charge in [-0.15, -0.1) is 0 Å². The van der Waals surface area contributed by atoms with E-state index in [9.17, 15) is 8.42 Å². The summed E-state index contributed by atoms with van der Waals surface area (Å²) in [5.74, 6) is 1.55. The zero-order chi connectivity index (χ0) is 19.3. The van der Waals surface area contributed by atoms with Gasteiger partial charge in [0, 0.05) is 6.04 Å². The summed E-state index contributed by atoms with van der Waals surface area (Å²) in [6.45, 7) is 4.02. The van der Waals surface area contributed by atoms with Crippen molar-refractivity contribution in [2.75, 3.05) is 20.8 Å². The molecule has 2 rings (SSSR count). The van der Waals surface area contributed by atoms with Gasteiger partial charge in [0.1, 0.15) is 5.75 Å². The Morgan fingerprint density at radius 2 is 1.69 bits per heavy atom. The minimum absolute atomic E-state index is 0.0679. The van der Waals surface area contributed by atoms with Crippen molar-refractivity contribution in [3.63, 3.8) is 0 Å². The van der Waals surface area contributed by atoms with Crippen LogP contribution in [-0.4, -0.2) is 29.2 Å². The molecule has 0 saturated heterocycles. The van der Waals surface area contributed by atoms with Crippen LogP contribution in [0, 0.1) is 0 Å². The van der Waals surface area contributed by atoms with Gasteiger partial charge in [-0.2, -0.15) is 0 Å². The second kappa shape index (κ2) is 8.62. The summed E-state index contributed by atoms with van der Waals surface area (Å²) in [7, 11) is -0.692. The van der Waals surface area contributed by atoms with Crippen LogP contribution in [0.1, 0.15) is 25.5 Å². The molecule has 142 valence electrons. The minimum atomic E-state index is -3.76. The summed E-state index contributed by atoms with van der Waals surface area (Å²) < 4.78 is 43.7. The Hall–Kier alpha value is -1.96. The zero-order valence-corrected chi connectivity index (χ0v) is 16.6. The molecule has 0 heterocycles. The van der Waals surface area contributed by atoms with Gasteiger partial charge in [-0.1, -0.05) is 17.7 Å². The zero-order valence-electron chi connectivity index (χ0n) is 15.1. The third-order valence-electron chi connectivity index (χ3n) is 3.75. The first-order chi connectivity index (χ1) is 12.3. The molecule has 0 saturated carbocycles. The molecule has 0 aromatic heterocycles. The number of methoxy groups -OCH3 is 2. The maximum atomic E-state index is 12.6. The van der Waals surface area contributed by atoms with Crippen LogP contribution in [0.15, 0.2) is 41.3 Å². The molecule has 1 N–H and O–H groups in total. The lowest BCUT2D eigenvalue weighted by molar-refractivity contribution is 0.340. The van der Waals surface area contributed by atoms with Crippen molar-refractivity contribution < 1.29 is 22.6 Å². The lowest BCUT2D eigenvalue weighted by Crippen LogP contribution is -2.27. The molecule has 2 aromatic carbocycles. The molecule has 0 spiro atoms. The Morgan fingerprint density at radius 3 is 2.27 bits per heavy atom. The molecule has 26 heavy (non-hydrogen) atoms. The van der Waals surface area contributed by atoms with E-state index in [2.05, 4.69) is 4.72 Å². The lowest BCUT2D eigenvalue weighted by atomic mass is 10.1. The van der Waals surface area contributed by atoms with Crippen LogP contribution in [0.2, 0.25) is 5.02 Å². The quantitative estimate of drug-likeness (QED) is 0.730. The number of nitrogens with one attached hydrogen (secondary N) is 1. The lowest BCUT2D eigenvalue weighted by Gasteiger charge is -2.17. The molecule has 0 amide bonds. The molecule has 0 aliphatic rings. The number of ether oxygens (including phenoxy) is 3. The standard InChI is InChI=1S/C18H22ClNO5S/c1-5-25-16-9-7-14(11-15(16)19)26(21,22)20-12(2)13-6-8-17(23-3)18(10-13)24-4/h6-12,20H,5H2,1-4H3/t12-/m0/s1. The van der Waals surface area contributed by atoms with Gasteiger partial charge in [-0.25, -0.2) is 13.1 Å². The largest absolute Gasteiger partial charge is 0.493 e. The van der Waals surface area contributed by atoms with Gasteiger partial charge in [-0.05, 0) is 49.7 Å². The van der Waals surface area contributed by atoms with Crippen LogP contribution in [-0.2, 0) is 10.0 Å². The van der Waals surface area contributed by atoms with Crippen LogP contribution >= 0.6 is 11.6 Å². The fourth-order valence-electron chi connectivity index (χ4n) is 2.41. The van der Waals surface area contributed by atoms with E-state index < -0.39 is 16.1 Å². The van der Waals surface area contributed by atoms with Gasteiger partial charge in [0.25, 0.3) is 0 Å². The molecule has 0 aliphatic heterocycles. The summed E-state index contributed by atoms with van der Waals surface area (Å²) in [6, 6.07) is 9.13. The molecule has 0 radical (unpaired) electrons. The van der Waals surface area contributed by atoms with E-state index in [1.165, 1.54) is 19.2 Å². The maximum absolute atomic E-state index is 12.6. The number of hydrogen-bond acceptors (Lipinski definition) is 5. The predicted molar refractivity (Wildman–Crippen MR) is 101 cm³/mol. The molecule has 0 fully saturated rings. The Labute approximate surface area is 159 Å². The molecule has 2 aromatic rings. The van der Waals surface area contributed by atoms with Crippen molar-refractivity contribution >= 4 is 21.6 Å². The third-order valence-corrected chi connectivity index (χ3v) is 5.59. The fraction of sp³-hybridized carbons (Fsp3) is 0.333. The summed E-state index contributed by atoms with van der Waals surface area (Å²) in [4.78, 5) is 0.0679.